The first kappa shape index (κ1) is 20.3. The molecule has 4 rings (SSSR count). The Morgan fingerprint density at radius 3 is 2.77 bits per heavy atom. The van der Waals surface area contributed by atoms with Crippen LogP contribution in [0.3, 0.4) is 0 Å². The van der Waals surface area contributed by atoms with E-state index in [0.29, 0.717) is 23.0 Å². The highest BCUT2D eigenvalue weighted by Gasteiger charge is 2.31. The van der Waals surface area contributed by atoms with Crippen LogP contribution in [0.4, 0.5) is 5.69 Å². The van der Waals surface area contributed by atoms with Crippen LogP contribution in [-0.4, -0.2) is 23.8 Å². The molecule has 1 aliphatic heterocycles. The minimum atomic E-state index is -0.522. The number of hydrazone groups is 1. The second-order valence-corrected chi connectivity index (χ2v) is 9.54. The molecule has 1 aliphatic carbocycles. The summed E-state index contributed by atoms with van der Waals surface area (Å²) in [5.41, 5.74) is 4.54. The van der Waals surface area contributed by atoms with Crippen LogP contribution in [0.2, 0.25) is 0 Å². The third-order valence-electron chi connectivity index (χ3n) is 5.71. The highest BCUT2D eigenvalue weighted by molar-refractivity contribution is 7.10. The minimum absolute atomic E-state index is 0.0170. The monoisotopic (exact) mass is 429 g/mol. The summed E-state index contributed by atoms with van der Waals surface area (Å²) in [7, 11) is 0. The van der Waals surface area contributed by atoms with E-state index in [0.717, 1.165) is 24.8 Å². The molecule has 1 N–H and O–H groups in total. The van der Waals surface area contributed by atoms with Crippen molar-refractivity contribution < 1.29 is 19.2 Å². The van der Waals surface area contributed by atoms with E-state index in [1.165, 1.54) is 23.2 Å². The number of ether oxygens (including phenoxy) is 2. The summed E-state index contributed by atoms with van der Waals surface area (Å²) < 4.78 is 10.4. The molecule has 2 aromatic rings. The van der Waals surface area contributed by atoms with E-state index >= 15 is 0 Å². The molecule has 0 saturated heterocycles. The fourth-order valence-electron chi connectivity index (χ4n) is 3.87. The largest absolute Gasteiger partial charge is 0.454 e. The van der Waals surface area contributed by atoms with Crippen LogP contribution < -0.4 is 14.9 Å². The SMILES string of the molecule is CC(C)(C)C1CCc2c(C(=O)NN=Cc3cc4c(cc3[N+](=O)[O-])OCO4)csc2C1. The molecule has 9 heteroatoms. The molecule has 1 atom stereocenters. The first-order valence-corrected chi connectivity index (χ1v) is 10.6. The highest BCUT2D eigenvalue weighted by Crippen LogP contribution is 2.40. The van der Waals surface area contributed by atoms with E-state index in [2.05, 4.69) is 31.3 Å². The predicted octanol–water partition coefficient (Wildman–Crippen LogP) is 4.30. The quantitative estimate of drug-likeness (QED) is 0.443. The summed E-state index contributed by atoms with van der Waals surface area (Å²) in [5, 5.41) is 17.2. The maximum atomic E-state index is 12.7. The summed E-state index contributed by atoms with van der Waals surface area (Å²) in [4.78, 5) is 24.7. The third kappa shape index (κ3) is 3.89. The van der Waals surface area contributed by atoms with Crippen LogP contribution in [-0.2, 0) is 12.8 Å². The van der Waals surface area contributed by atoms with Gasteiger partial charge in [-0.05, 0) is 42.2 Å². The zero-order chi connectivity index (χ0) is 21.5. The summed E-state index contributed by atoms with van der Waals surface area (Å²) >= 11 is 1.62. The highest BCUT2D eigenvalue weighted by atomic mass is 32.1. The fourth-order valence-corrected chi connectivity index (χ4v) is 5.03. The zero-order valence-corrected chi connectivity index (χ0v) is 17.9. The Hall–Kier alpha value is -2.94. The van der Waals surface area contributed by atoms with Crippen molar-refractivity contribution in [3.8, 4) is 11.5 Å². The number of carbonyl (C=O) groups is 1. The lowest BCUT2D eigenvalue weighted by molar-refractivity contribution is -0.385. The molecule has 0 bridgehead atoms. The Balaban J connectivity index is 1.49. The number of nitro benzene ring substituents is 1. The third-order valence-corrected chi connectivity index (χ3v) is 6.76. The number of rotatable bonds is 4. The molecule has 0 spiro atoms. The molecule has 8 nitrogen and oxygen atoms in total. The van der Waals surface area contributed by atoms with Gasteiger partial charge in [0.05, 0.1) is 28.3 Å². The number of benzene rings is 1. The van der Waals surface area contributed by atoms with Crippen LogP contribution in [0.1, 0.15) is 53.6 Å². The van der Waals surface area contributed by atoms with Crippen LogP contribution >= 0.6 is 11.3 Å². The molecule has 0 saturated carbocycles. The van der Waals surface area contributed by atoms with Crippen molar-refractivity contribution in [2.75, 3.05) is 6.79 Å². The van der Waals surface area contributed by atoms with Gasteiger partial charge in [-0.3, -0.25) is 14.9 Å². The Bertz CT molecular complexity index is 1040. The number of thiophene rings is 1. The molecule has 1 amide bonds. The van der Waals surface area contributed by atoms with Gasteiger partial charge in [-0.25, -0.2) is 5.43 Å². The topological polar surface area (TPSA) is 103 Å². The standard InChI is InChI=1S/C21H23N3O5S/c1-21(2,3)13-4-5-14-15(10-30-19(14)7-13)20(25)23-22-9-12-6-17-18(29-11-28-17)8-16(12)24(26)27/h6,8-10,13H,4-5,7,11H2,1-3H3,(H,23,25). The van der Waals surface area contributed by atoms with Crippen molar-refractivity contribution in [1.82, 2.24) is 5.43 Å². The zero-order valence-electron chi connectivity index (χ0n) is 17.1. The first-order chi connectivity index (χ1) is 14.2. The van der Waals surface area contributed by atoms with Gasteiger partial charge in [-0.2, -0.15) is 5.10 Å². The maximum absolute atomic E-state index is 12.7. The van der Waals surface area contributed by atoms with Gasteiger partial charge in [-0.1, -0.05) is 20.8 Å². The molecule has 2 heterocycles. The van der Waals surface area contributed by atoms with Crippen molar-refractivity contribution in [2.45, 2.75) is 40.0 Å². The molecular formula is C21H23N3O5S. The Labute approximate surface area is 178 Å². The number of amides is 1. The van der Waals surface area contributed by atoms with Crippen LogP contribution in [0.25, 0.3) is 0 Å². The van der Waals surface area contributed by atoms with E-state index in [9.17, 15) is 14.9 Å². The average Bonchev–Trinajstić information content (AvgIpc) is 3.32. The Morgan fingerprint density at radius 1 is 1.33 bits per heavy atom. The number of hydrogen-bond donors (Lipinski definition) is 1. The number of fused-ring (bicyclic) bond motifs is 2. The average molecular weight is 429 g/mol. The Kier molecular flexibility index (Phi) is 5.23. The van der Waals surface area contributed by atoms with E-state index in [4.69, 9.17) is 9.47 Å². The fraction of sp³-hybridized carbons (Fsp3) is 0.429. The number of carbonyl (C=O) groups excluding carboxylic acids is 1. The van der Waals surface area contributed by atoms with Crippen LogP contribution in [0, 0.1) is 21.4 Å². The van der Waals surface area contributed by atoms with Gasteiger partial charge in [0, 0.05) is 10.3 Å². The smallest absolute Gasteiger partial charge is 0.282 e. The van der Waals surface area contributed by atoms with Crippen molar-refractivity contribution in [2.24, 2.45) is 16.4 Å². The van der Waals surface area contributed by atoms with Gasteiger partial charge >= 0.3 is 0 Å². The normalized spacial score (nSPS) is 17.8. The first-order valence-electron chi connectivity index (χ1n) is 9.74. The van der Waals surface area contributed by atoms with E-state index < -0.39 is 4.92 Å². The molecule has 2 aliphatic rings. The van der Waals surface area contributed by atoms with Crippen LogP contribution in [0.15, 0.2) is 22.6 Å². The molecule has 1 aromatic carbocycles. The second-order valence-electron chi connectivity index (χ2n) is 8.58. The van der Waals surface area contributed by atoms with Crippen molar-refractivity contribution in [1.29, 1.82) is 0 Å². The van der Waals surface area contributed by atoms with Gasteiger partial charge in [0.2, 0.25) is 6.79 Å². The molecule has 1 unspecified atom stereocenters. The van der Waals surface area contributed by atoms with Crippen LogP contribution in [0.5, 0.6) is 11.5 Å². The van der Waals surface area contributed by atoms with Crippen molar-refractivity contribution in [3.05, 3.63) is 49.2 Å². The van der Waals surface area contributed by atoms with Gasteiger partial charge in [-0.15, -0.1) is 11.3 Å². The van der Waals surface area contributed by atoms with E-state index in [1.807, 2.05) is 5.38 Å². The van der Waals surface area contributed by atoms with Gasteiger partial charge in [0.15, 0.2) is 11.5 Å². The number of nitrogens with zero attached hydrogens (tertiary/aromatic N) is 2. The summed E-state index contributed by atoms with van der Waals surface area (Å²) in [6.45, 7) is 6.79. The van der Waals surface area contributed by atoms with Gasteiger partial charge in [0.25, 0.3) is 11.6 Å². The van der Waals surface area contributed by atoms with E-state index in [-0.39, 0.29) is 29.4 Å². The molecular weight excluding hydrogens is 406 g/mol. The molecule has 158 valence electrons. The second kappa shape index (κ2) is 7.71. The summed E-state index contributed by atoms with van der Waals surface area (Å²) in [6, 6.07) is 2.78. The van der Waals surface area contributed by atoms with Gasteiger partial charge < -0.3 is 9.47 Å². The summed E-state index contributed by atoms with van der Waals surface area (Å²) in [5.74, 6) is 1.03. The number of hydrogen-bond acceptors (Lipinski definition) is 7. The molecule has 30 heavy (non-hydrogen) atoms. The Morgan fingerprint density at radius 2 is 2.07 bits per heavy atom. The number of nitrogens with one attached hydrogen (secondary N) is 1. The summed E-state index contributed by atoms with van der Waals surface area (Å²) in [6.07, 6.45) is 4.18. The van der Waals surface area contributed by atoms with Crippen molar-refractivity contribution >= 4 is 29.1 Å². The molecule has 0 radical (unpaired) electrons. The van der Waals surface area contributed by atoms with Crippen molar-refractivity contribution in [3.63, 3.8) is 0 Å². The van der Waals surface area contributed by atoms with Gasteiger partial charge in [0.1, 0.15) is 0 Å². The minimum Gasteiger partial charge on any atom is -0.454 e. The molecule has 1 aromatic heterocycles. The molecule has 0 fully saturated rings. The van der Waals surface area contributed by atoms with E-state index in [1.54, 1.807) is 11.3 Å². The lowest BCUT2D eigenvalue weighted by atomic mass is 9.72. The lowest BCUT2D eigenvalue weighted by Gasteiger charge is -2.33. The lowest BCUT2D eigenvalue weighted by Crippen LogP contribution is -2.27. The number of nitro groups is 1. The predicted molar refractivity (Wildman–Crippen MR) is 114 cm³/mol. The maximum Gasteiger partial charge on any atom is 0.282 e.